The van der Waals surface area contributed by atoms with E-state index in [9.17, 15) is 8.42 Å². The van der Waals surface area contributed by atoms with E-state index in [0.717, 1.165) is 16.5 Å². The van der Waals surface area contributed by atoms with E-state index in [-0.39, 0.29) is 0 Å². The summed E-state index contributed by atoms with van der Waals surface area (Å²) < 4.78 is 31.2. The van der Waals surface area contributed by atoms with Gasteiger partial charge in [0.25, 0.3) is 0 Å². The number of aromatic nitrogens is 1. The average molecular weight is 327 g/mol. The molecule has 4 nitrogen and oxygen atoms in total. The Balaban J connectivity index is 2.09. The molecule has 0 saturated heterocycles. The van der Waals surface area contributed by atoms with Crippen molar-refractivity contribution in [2.45, 2.75) is 6.61 Å². The van der Waals surface area contributed by atoms with Crippen molar-refractivity contribution < 1.29 is 13.2 Å². The first-order valence-corrected chi connectivity index (χ1v) is 8.99. The largest absolute Gasteiger partial charge is 0.487 e. The quantitative estimate of drug-likeness (QED) is 0.718. The van der Waals surface area contributed by atoms with Gasteiger partial charge in [0.2, 0.25) is 10.0 Å². The fourth-order valence-electron chi connectivity index (χ4n) is 2.53. The van der Waals surface area contributed by atoms with E-state index in [2.05, 4.69) is 6.58 Å². The number of hydrogen-bond donors (Lipinski definition) is 0. The lowest BCUT2D eigenvalue weighted by atomic mass is 10.1. The van der Waals surface area contributed by atoms with E-state index in [0.29, 0.717) is 17.9 Å². The fraction of sp³-hybridized carbons (Fsp3) is 0.111. The van der Waals surface area contributed by atoms with Crippen LogP contribution in [0.25, 0.3) is 17.0 Å². The smallest absolute Gasteiger partial charge is 0.236 e. The Bertz CT molecular complexity index is 957. The zero-order chi connectivity index (χ0) is 16.4. The summed E-state index contributed by atoms with van der Waals surface area (Å²) in [7, 11) is -3.41. The summed E-state index contributed by atoms with van der Waals surface area (Å²) in [6, 6.07) is 15.2. The molecule has 0 saturated carbocycles. The van der Waals surface area contributed by atoms with Crippen LogP contribution in [0, 0.1) is 0 Å². The monoisotopic (exact) mass is 327 g/mol. The Hall–Kier alpha value is -2.53. The van der Waals surface area contributed by atoms with Crippen LogP contribution in [0.1, 0.15) is 11.1 Å². The molecule has 0 bridgehead atoms. The standard InChI is InChI=1S/C18H17NO3S/c1-3-15-9-10-17(22-13-14-7-5-4-6-8-14)18-16(15)11-12-19(18)23(2,20)21/h3-12H,1,13H2,2H3. The minimum absolute atomic E-state index is 0.373. The molecule has 118 valence electrons. The van der Waals surface area contributed by atoms with Crippen LogP contribution in [0.5, 0.6) is 5.75 Å². The van der Waals surface area contributed by atoms with Crippen molar-refractivity contribution in [3.8, 4) is 5.75 Å². The van der Waals surface area contributed by atoms with Crippen molar-refractivity contribution in [1.29, 1.82) is 0 Å². The second kappa shape index (κ2) is 5.93. The Morgan fingerprint density at radius 1 is 1.13 bits per heavy atom. The predicted molar refractivity (Wildman–Crippen MR) is 93.0 cm³/mol. The summed E-state index contributed by atoms with van der Waals surface area (Å²) in [5, 5.41) is 0.802. The third-order valence-corrected chi connectivity index (χ3v) is 4.64. The Kier molecular flexibility index (Phi) is 3.96. The van der Waals surface area contributed by atoms with Gasteiger partial charge in [0.1, 0.15) is 17.9 Å². The van der Waals surface area contributed by atoms with Crippen LogP contribution < -0.4 is 4.74 Å². The molecule has 0 N–H and O–H groups in total. The summed E-state index contributed by atoms with van der Waals surface area (Å²) in [5.74, 6) is 0.532. The maximum absolute atomic E-state index is 12.0. The van der Waals surface area contributed by atoms with Crippen molar-refractivity contribution >= 4 is 27.0 Å². The molecule has 0 amide bonds. The van der Waals surface area contributed by atoms with Gasteiger partial charge in [-0.15, -0.1) is 0 Å². The highest BCUT2D eigenvalue weighted by molar-refractivity contribution is 7.89. The summed E-state index contributed by atoms with van der Waals surface area (Å²) in [4.78, 5) is 0. The van der Waals surface area contributed by atoms with Gasteiger partial charge in [-0.25, -0.2) is 12.4 Å². The van der Waals surface area contributed by atoms with Crippen LogP contribution in [0.2, 0.25) is 0 Å². The first kappa shape index (κ1) is 15.4. The van der Waals surface area contributed by atoms with Gasteiger partial charge in [0.15, 0.2) is 0 Å². The van der Waals surface area contributed by atoms with E-state index in [1.165, 1.54) is 10.2 Å². The number of benzene rings is 2. The molecule has 0 unspecified atom stereocenters. The van der Waals surface area contributed by atoms with Gasteiger partial charge in [-0.3, -0.25) is 0 Å². The third-order valence-electron chi connectivity index (χ3n) is 3.63. The summed E-state index contributed by atoms with van der Waals surface area (Å²) >= 11 is 0. The molecule has 5 heteroatoms. The van der Waals surface area contributed by atoms with E-state index in [1.807, 2.05) is 36.4 Å². The van der Waals surface area contributed by atoms with Crippen molar-refractivity contribution in [3.05, 3.63) is 72.4 Å². The number of rotatable bonds is 5. The number of fused-ring (bicyclic) bond motifs is 1. The molecule has 0 atom stereocenters. The van der Waals surface area contributed by atoms with Crippen LogP contribution in [-0.2, 0) is 16.6 Å². The Morgan fingerprint density at radius 2 is 1.87 bits per heavy atom. The highest BCUT2D eigenvalue weighted by Crippen LogP contribution is 2.31. The summed E-state index contributed by atoms with van der Waals surface area (Å²) in [5.41, 5.74) is 2.43. The van der Waals surface area contributed by atoms with Gasteiger partial charge in [-0.1, -0.05) is 49.1 Å². The predicted octanol–water partition coefficient (Wildman–Crippen LogP) is 3.67. The molecule has 3 aromatic rings. The molecule has 0 aliphatic carbocycles. The lowest BCUT2D eigenvalue weighted by Gasteiger charge is -2.11. The molecule has 1 aromatic heterocycles. The van der Waals surface area contributed by atoms with Crippen LogP contribution in [-0.4, -0.2) is 18.6 Å². The minimum Gasteiger partial charge on any atom is -0.487 e. The fourth-order valence-corrected chi connectivity index (χ4v) is 3.33. The zero-order valence-corrected chi connectivity index (χ0v) is 13.6. The van der Waals surface area contributed by atoms with E-state index < -0.39 is 10.0 Å². The molecule has 0 aliphatic rings. The highest BCUT2D eigenvalue weighted by atomic mass is 32.2. The van der Waals surface area contributed by atoms with Crippen LogP contribution in [0.3, 0.4) is 0 Å². The minimum atomic E-state index is -3.41. The molecule has 23 heavy (non-hydrogen) atoms. The first-order valence-electron chi connectivity index (χ1n) is 7.14. The van der Waals surface area contributed by atoms with Gasteiger partial charge in [-0.05, 0) is 23.3 Å². The normalized spacial score (nSPS) is 11.5. The van der Waals surface area contributed by atoms with Gasteiger partial charge < -0.3 is 4.74 Å². The summed E-state index contributed by atoms with van der Waals surface area (Å²) in [6.45, 7) is 4.15. The van der Waals surface area contributed by atoms with Crippen molar-refractivity contribution in [3.63, 3.8) is 0 Å². The second-order valence-electron chi connectivity index (χ2n) is 5.27. The Labute approximate surface area is 135 Å². The topological polar surface area (TPSA) is 48.3 Å². The van der Waals surface area contributed by atoms with Crippen LogP contribution in [0.4, 0.5) is 0 Å². The van der Waals surface area contributed by atoms with E-state index in [4.69, 9.17) is 4.74 Å². The molecule has 3 rings (SSSR count). The molecule has 0 aliphatic heterocycles. The van der Waals surface area contributed by atoms with E-state index in [1.54, 1.807) is 24.4 Å². The van der Waals surface area contributed by atoms with Crippen LogP contribution in [0.15, 0.2) is 61.3 Å². The highest BCUT2D eigenvalue weighted by Gasteiger charge is 2.16. The maximum atomic E-state index is 12.0. The number of nitrogens with zero attached hydrogens (tertiary/aromatic N) is 1. The maximum Gasteiger partial charge on any atom is 0.236 e. The van der Waals surface area contributed by atoms with Crippen molar-refractivity contribution in [2.24, 2.45) is 0 Å². The van der Waals surface area contributed by atoms with Crippen molar-refractivity contribution in [1.82, 2.24) is 3.97 Å². The molecule has 0 radical (unpaired) electrons. The van der Waals surface area contributed by atoms with Crippen molar-refractivity contribution in [2.75, 3.05) is 6.26 Å². The summed E-state index contributed by atoms with van der Waals surface area (Å²) in [6.07, 6.45) is 4.42. The molecular formula is C18H17NO3S. The molecule has 2 aromatic carbocycles. The molecule has 1 heterocycles. The van der Waals surface area contributed by atoms with Gasteiger partial charge in [0.05, 0.1) is 6.26 Å². The number of hydrogen-bond acceptors (Lipinski definition) is 3. The Morgan fingerprint density at radius 3 is 2.52 bits per heavy atom. The van der Waals surface area contributed by atoms with Gasteiger partial charge in [-0.2, -0.15) is 0 Å². The average Bonchev–Trinajstić information content (AvgIpc) is 2.99. The molecule has 0 fully saturated rings. The zero-order valence-electron chi connectivity index (χ0n) is 12.8. The lowest BCUT2D eigenvalue weighted by Crippen LogP contribution is -2.09. The number of ether oxygens (including phenoxy) is 1. The van der Waals surface area contributed by atoms with Gasteiger partial charge >= 0.3 is 0 Å². The van der Waals surface area contributed by atoms with Gasteiger partial charge in [0, 0.05) is 11.6 Å². The first-order chi connectivity index (χ1) is 11.0. The third kappa shape index (κ3) is 3.00. The van der Waals surface area contributed by atoms with E-state index >= 15 is 0 Å². The van der Waals surface area contributed by atoms with Crippen LogP contribution >= 0.6 is 0 Å². The second-order valence-corrected chi connectivity index (χ2v) is 7.13. The SMILES string of the molecule is C=Cc1ccc(OCc2ccccc2)c2c1ccn2S(C)(=O)=O. The molecule has 0 spiro atoms. The molecular weight excluding hydrogens is 310 g/mol. The lowest BCUT2D eigenvalue weighted by molar-refractivity contribution is 0.309.